The van der Waals surface area contributed by atoms with Crippen LogP contribution in [0.15, 0.2) is 11.6 Å². The van der Waals surface area contributed by atoms with Crippen molar-refractivity contribution in [2.24, 2.45) is 0 Å². The number of methoxy groups -OCH3 is 1. The average molecular weight is 343 g/mol. The van der Waals surface area contributed by atoms with Crippen molar-refractivity contribution in [2.45, 2.75) is 33.5 Å². The Balaban J connectivity index is 2.52. The number of alkyl halides is 1. The highest BCUT2D eigenvalue weighted by molar-refractivity contribution is 9.09. The molecule has 0 radical (unpaired) electrons. The van der Waals surface area contributed by atoms with Gasteiger partial charge in [0, 0.05) is 16.5 Å². The van der Waals surface area contributed by atoms with E-state index in [0.717, 1.165) is 33.3 Å². The van der Waals surface area contributed by atoms with Gasteiger partial charge in [0.25, 0.3) is 0 Å². The third kappa shape index (κ3) is 2.85. The van der Waals surface area contributed by atoms with Gasteiger partial charge in [-0.05, 0) is 31.4 Å². The fraction of sp³-hybridized carbons (Fsp3) is 0.467. The van der Waals surface area contributed by atoms with Crippen molar-refractivity contribution in [3.05, 3.63) is 33.9 Å². The minimum atomic E-state index is 0.254. The Bertz CT molecular complexity index is 537. The van der Waals surface area contributed by atoms with Crippen LogP contribution < -0.4 is 4.74 Å². The molecule has 1 aromatic rings. The van der Waals surface area contributed by atoms with Gasteiger partial charge in [-0.25, -0.2) is 9.78 Å². The number of ether oxygens (including phenoxy) is 1. The van der Waals surface area contributed by atoms with Gasteiger partial charge in [-0.1, -0.05) is 27.6 Å². The summed E-state index contributed by atoms with van der Waals surface area (Å²) in [6.45, 7) is 4.62. The molecule has 0 amide bonds. The Morgan fingerprint density at radius 1 is 1.35 bits per heavy atom. The molecule has 0 atom stereocenters. The smallest absolute Gasteiger partial charge is 0.129 e. The van der Waals surface area contributed by atoms with Crippen molar-refractivity contribution in [3.8, 4) is 11.5 Å². The maximum Gasteiger partial charge on any atom is 0.129 e. The number of aromatic hydroxyl groups is 1. The highest BCUT2D eigenvalue weighted by Crippen LogP contribution is 2.40. The van der Waals surface area contributed by atoms with Crippen molar-refractivity contribution in [3.63, 3.8) is 0 Å². The van der Waals surface area contributed by atoms with Gasteiger partial charge in [-0.15, -0.1) is 0 Å². The van der Waals surface area contributed by atoms with Gasteiger partial charge >= 0.3 is 0 Å². The summed E-state index contributed by atoms with van der Waals surface area (Å²) in [4.78, 5) is 9.99. The molecule has 1 aliphatic rings. The summed E-state index contributed by atoms with van der Waals surface area (Å²) in [7, 11) is 1.62. The molecule has 0 aromatic heterocycles. The Morgan fingerprint density at radius 3 is 2.60 bits per heavy atom. The van der Waals surface area contributed by atoms with Crippen LogP contribution in [0.3, 0.4) is 0 Å². The summed E-state index contributed by atoms with van der Waals surface area (Å²) in [6, 6.07) is 0. The average Bonchev–Trinajstić information content (AvgIpc) is 2.49. The maximum atomic E-state index is 10.5. The third-order valence-electron chi connectivity index (χ3n) is 3.56. The number of rotatable bonds is 4. The molecule has 110 valence electrons. The molecule has 2 rings (SSSR count). The Morgan fingerprint density at radius 2 is 2.00 bits per heavy atom. The molecule has 0 spiro atoms. The zero-order valence-electron chi connectivity index (χ0n) is 12.0. The lowest BCUT2D eigenvalue weighted by atomic mass is 9.94. The van der Waals surface area contributed by atoms with Crippen molar-refractivity contribution in [1.29, 1.82) is 0 Å². The molecule has 20 heavy (non-hydrogen) atoms. The van der Waals surface area contributed by atoms with Crippen LogP contribution in [0.1, 0.15) is 29.2 Å². The molecule has 0 unspecified atom stereocenters. The molecule has 0 aliphatic carbocycles. The number of halogens is 1. The van der Waals surface area contributed by atoms with E-state index in [-0.39, 0.29) is 12.4 Å². The fourth-order valence-electron chi connectivity index (χ4n) is 2.37. The van der Waals surface area contributed by atoms with Gasteiger partial charge in [0.1, 0.15) is 24.7 Å². The summed E-state index contributed by atoms with van der Waals surface area (Å²) in [5.74, 6) is 0.981. The van der Waals surface area contributed by atoms with E-state index < -0.39 is 0 Å². The zero-order valence-corrected chi connectivity index (χ0v) is 13.5. The summed E-state index contributed by atoms with van der Waals surface area (Å²) in [5, 5.41) is 11.3. The van der Waals surface area contributed by atoms with E-state index in [2.05, 4.69) is 22.0 Å². The Labute approximate surface area is 127 Å². The topological polar surface area (TPSA) is 47.9 Å². The van der Waals surface area contributed by atoms with E-state index in [1.807, 2.05) is 13.8 Å². The minimum absolute atomic E-state index is 0.254. The summed E-state index contributed by atoms with van der Waals surface area (Å²) in [5.41, 5.74) is 4.77. The lowest BCUT2D eigenvalue weighted by Gasteiger charge is -2.23. The molecule has 1 N–H and O–H groups in total. The van der Waals surface area contributed by atoms with Crippen LogP contribution in [0.4, 0.5) is 0 Å². The van der Waals surface area contributed by atoms with Gasteiger partial charge in [0.05, 0.1) is 7.11 Å². The fourth-order valence-corrected chi connectivity index (χ4v) is 2.60. The van der Waals surface area contributed by atoms with E-state index >= 15 is 0 Å². The number of hydrogen-bond acceptors (Lipinski definition) is 4. The first kappa shape index (κ1) is 15.4. The molecule has 0 fully saturated rings. The van der Waals surface area contributed by atoms with Gasteiger partial charge in [-0.2, -0.15) is 0 Å². The van der Waals surface area contributed by atoms with Crippen LogP contribution in [0.2, 0.25) is 0 Å². The predicted octanol–water partition coefficient (Wildman–Crippen LogP) is 3.55. The monoisotopic (exact) mass is 342 g/mol. The van der Waals surface area contributed by atoms with Crippen LogP contribution >= 0.6 is 15.9 Å². The number of phenolic OH excluding ortho intramolecular Hbond substituents is 1. The van der Waals surface area contributed by atoms with Crippen molar-refractivity contribution in [2.75, 3.05) is 12.4 Å². The Kier molecular flexibility index (Phi) is 5.07. The first-order valence-electron chi connectivity index (χ1n) is 6.46. The molecule has 5 heteroatoms. The molecular weight excluding hydrogens is 324 g/mol. The molecule has 1 aliphatic heterocycles. The van der Waals surface area contributed by atoms with Crippen LogP contribution in [-0.2, 0) is 29.4 Å². The normalized spacial score (nSPS) is 15.1. The molecule has 1 heterocycles. The maximum absolute atomic E-state index is 10.5. The van der Waals surface area contributed by atoms with Crippen LogP contribution in [0.5, 0.6) is 11.5 Å². The van der Waals surface area contributed by atoms with Crippen LogP contribution in [0.25, 0.3) is 0 Å². The molecule has 0 bridgehead atoms. The van der Waals surface area contributed by atoms with Gasteiger partial charge in [0.2, 0.25) is 0 Å². The number of allylic oxidation sites excluding steroid dienone is 2. The van der Waals surface area contributed by atoms with Crippen molar-refractivity contribution >= 4 is 15.9 Å². The van der Waals surface area contributed by atoms with Crippen LogP contribution in [0, 0.1) is 6.92 Å². The second kappa shape index (κ2) is 6.61. The lowest BCUT2D eigenvalue weighted by molar-refractivity contribution is -0.322. The number of benzene rings is 1. The zero-order chi connectivity index (χ0) is 14.7. The SMILES string of the molecule is COc1c(C)c2c(c(O)c1C/C=C(\C)CBr)COOC2. The number of hydrogen-bond donors (Lipinski definition) is 1. The molecule has 4 nitrogen and oxygen atoms in total. The van der Waals surface area contributed by atoms with E-state index in [1.54, 1.807) is 7.11 Å². The van der Waals surface area contributed by atoms with Gasteiger partial charge in [0.15, 0.2) is 0 Å². The standard InChI is InChI=1S/C15H19BrO4/c1-9(6-16)4-5-11-14(17)13-8-20-19-7-12(13)10(2)15(11)18-3/h4,17H,5-8H2,1-3H3/b9-4+. The first-order valence-corrected chi connectivity index (χ1v) is 7.58. The predicted molar refractivity (Wildman–Crippen MR) is 80.2 cm³/mol. The summed E-state index contributed by atoms with van der Waals surface area (Å²) >= 11 is 3.42. The molecular formula is C15H19BrO4. The van der Waals surface area contributed by atoms with Crippen LogP contribution in [-0.4, -0.2) is 17.5 Å². The van der Waals surface area contributed by atoms with E-state index in [4.69, 9.17) is 14.5 Å². The summed E-state index contributed by atoms with van der Waals surface area (Å²) in [6.07, 6.45) is 2.71. The van der Waals surface area contributed by atoms with Gasteiger partial charge in [-0.3, -0.25) is 0 Å². The van der Waals surface area contributed by atoms with Crippen molar-refractivity contribution < 1.29 is 19.6 Å². The minimum Gasteiger partial charge on any atom is -0.507 e. The number of fused-ring (bicyclic) bond motifs is 1. The molecule has 0 saturated heterocycles. The first-order chi connectivity index (χ1) is 9.60. The second-order valence-electron chi connectivity index (χ2n) is 4.86. The molecule has 1 aromatic carbocycles. The van der Waals surface area contributed by atoms with E-state index in [9.17, 15) is 5.11 Å². The van der Waals surface area contributed by atoms with E-state index in [0.29, 0.717) is 13.0 Å². The van der Waals surface area contributed by atoms with Gasteiger partial charge < -0.3 is 9.84 Å². The second-order valence-corrected chi connectivity index (χ2v) is 5.42. The number of phenols is 1. The highest BCUT2D eigenvalue weighted by atomic mass is 79.9. The van der Waals surface area contributed by atoms with E-state index in [1.165, 1.54) is 5.57 Å². The molecule has 0 saturated carbocycles. The highest BCUT2D eigenvalue weighted by Gasteiger charge is 2.24. The third-order valence-corrected chi connectivity index (χ3v) is 4.45. The lowest BCUT2D eigenvalue weighted by Crippen LogP contribution is -2.12. The summed E-state index contributed by atoms with van der Waals surface area (Å²) < 4.78 is 5.49. The quantitative estimate of drug-likeness (QED) is 0.516. The largest absolute Gasteiger partial charge is 0.507 e. The van der Waals surface area contributed by atoms with Crippen molar-refractivity contribution in [1.82, 2.24) is 0 Å². The Hall–Kier alpha value is -1.04.